The Bertz CT molecular complexity index is 955. The molecular weight excluding hydrogens is 314 g/mol. The van der Waals surface area contributed by atoms with Gasteiger partial charge in [0, 0.05) is 35.0 Å². The number of hydrogen-bond donors (Lipinski definition) is 1. The number of benzene rings is 2. The maximum atomic E-state index is 12.7. The minimum atomic E-state index is -0.418. The van der Waals surface area contributed by atoms with E-state index in [9.17, 15) is 9.90 Å². The fraction of sp³-hybridized carbons (Fsp3) is 0.250. The molecule has 1 aromatic heterocycles. The first-order chi connectivity index (χ1) is 12.1. The lowest BCUT2D eigenvalue weighted by atomic mass is 10.0. The van der Waals surface area contributed by atoms with Crippen LogP contribution in [0.25, 0.3) is 22.0 Å². The van der Waals surface area contributed by atoms with Crippen LogP contribution in [0.3, 0.4) is 0 Å². The number of β-amino-alcohol motifs (C(OH)–C–C–N with tert-alkyl or cyclic N) is 1. The number of aliphatic hydroxyl groups is 1. The van der Waals surface area contributed by atoms with Gasteiger partial charge < -0.3 is 10.0 Å². The molecule has 1 aliphatic heterocycles. The van der Waals surface area contributed by atoms with Crippen molar-refractivity contribution < 1.29 is 9.90 Å². The van der Waals surface area contributed by atoms with Gasteiger partial charge in [-0.15, -0.1) is 5.10 Å². The topological polar surface area (TPSA) is 66.3 Å². The highest BCUT2D eigenvalue weighted by molar-refractivity contribution is 5.99. The summed E-state index contributed by atoms with van der Waals surface area (Å²) >= 11 is 0. The van der Waals surface area contributed by atoms with E-state index in [1.165, 1.54) is 0 Å². The smallest absolute Gasteiger partial charge is 0.253 e. The van der Waals surface area contributed by atoms with Crippen molar-refractivity contribution in [1.82, 2.24) is 15.1 Å². The van der Waals surface area contributed by atoms with Crippen LogP contribution in [0.4, 0.5) is 0 Å². The first-order valence-corrected chi connectivity index (χ1v) is 8.43. The average Bonchev–Trinajstić information content (AvgIpc) is 3.08. The van der Waals surface area contributed by atoms with Crippen molar-refractivity contribution in [3.05, 3.63) is 59.8 Å². The quantitative estimate of drug-likeness (QED) is 0.783. The number of aliphatic hydroxyl groups excluding tert-OH is 1. The normalized spacial score (nSPS) is 17.2. The zero-order valence-corrected chi connectivity index (χ0v) is 14.0. The van der Waals surface area contributed by atoms with Crippen molar-refractivity contribution in [1.29, 1.82) is 0 Å². The summed E-state index contributed by atoms with van der Waals surface area (Å²) in [5.41, 5.74) is 3.14. The molecule has 4 rings (SSSR count). The summed E-state index contributed by atoms with van der Waals surface area (Å²) in [6.45, 7) is 2.94. The van der Waals surface area contributed by atoms with Gasteiger partial charge in [0.25, 0.3) is 5.91 Å². The number of carbonyl (C=O) groups excluding carboxylic acids is 1. The average molecular weight is 333 g/mol. The molecule has 0 unspecified atom stereocenters. The molecule has 25 heavy (non-hydrogen) atoms. The minimum absolute atomic E-state index is 0.0530. The fourth-order valence-electron chi connectivity index (χ4n) is 3.36. The molecule has 1 N–H and O–H groups in total. The van der Waals surface area contributed by atoms with E-state index in [0.717, 1.165) is 27.7 Å². The van der Waals surface area contributed by atoms with Crippen LogP contribution >= 0.6 is 0 Å². The van der Waals surface area contributed by atoms with Gasteiger partial charge in [0.05, 0.1) is 11.8 Å². The third-order valence-electron chi connectivity index (χ3n) is 4.71. The Kier molecular flexibility index (Phi) is 3.93. The predicted octanol–water partition coefficient (Wildman–Crippen LogP) is 2.81. The van der Waals surface area contributed by atoms with Crippen LogP contribution in [0, 0.1) is 6.92 Å². The summed E-state index contributed by atoms with van der Waals surface area (Å²) in [6, 6.07) is 15.5. The Morgan fingerprint density at radius 2 is 1.92 bits per heavy atom. The molecule has 1 atom stereocenters. The molecule has 0 spiro atoms. The van der Waals surface area contributed by atoms with Gasteiger partial charge in [-0.2, -0.15) is 5.10 Å². The molecule has 0 saturated carbocycles. The lowest BCUT2D eigenvalue weighted by Crippen LogP contribution is -2.29. The second-order valence-electron chi connectivity index (χ2n) is 6.45. The van der Waals surface area contributed by atoms with E-state index in [1.54, 1.807) is 11.0 Å². The Morgan fingerprint density at radius 1 is 1.12 bits per heavy atom. The maximum Gasteiger partial charge on any atom is 0.253 e. The minimum Gasteiger partial charge on any atom is -0.391 e. The number of rotatable bonds is 2. The summed E-state index contributed by atoms with van der Waals surface area (Å²) in [6.07, 6.45) is 0.221. The zero-order valence-electron chi connectivity index (χ0n) is 14.0. The molecule has 1 fully saturated rings. The van der Waals surface area contributed by atoms with E-state index in [2.05, 4.69) is 10.2 Å². The van der Waals surface area contributed by atoms with Gasteiger partial charge in [-0.25, -0.2) is 0 Å². The molecule has 0 aliphatic carbocycles. The van der Waals surface area contributed by atoms with Gasteiger partial charge >= 0.3 is 0 Å². The van der Waals surface area contributed by atoms with Gasteiger partial charge in [-0.05, 0) is 25.5 Å². The number of aromatic nitrogens is 2. The second kappa shape index (κ2) is 6.26. The van der Waals surface area contributed by atoms with E-state index < -0.39 is 6.10 Å². The molecular formula is C20H19N3O2. The SMILES string of the molecule is Cc1nnc(-c2cccc(C(=O)N3CC[C@@H](O)C3)c2)c2ccccc12. The molecule has 3 aromatic rings. The third kappa shape index (κ3) is 2.87. The van der Waals surface area contributed by atoms with E-state index in [0.29, 0.717) is 25.1 Å². The van der Waals surface area contributed by atoms with Crippen LogP contribution in [0.5, 0.6) is 0 Å². The maximum absolute atomic E-state index is 12.7. The standard InChI is InChI=1S/C20H19N3O2/c1-13-17-7-2-3-8-18(17)19(22-21-13)14-5-4-6-15(11-14)20(25)23-10-9-16(24)12-23/h2-8,11,16,24H,9-10,12H2,1H3/t16-/m1/s1. The fourth-order valence-corrected chi connectivity index (χ4v) is 3.36. The summed E-state index contributed by atoms with van der Waals surface area (Å²) in [5.74, 6) is -0.0530. The third-order valence-corrected chi connectivity index (χ3v) is 4.71. The number of likely N-dealkylation sites (tertiary alicyclic amines) is 1. The molecule has 2 aromatic carbocycles. The molecule has 5 heteroatoms. The number of hydrogen-bond acceptors (Lipinski definition) is 4. The van der Waals surface area contributed by atoms with Crippen molar-refractivity contribution in [3.8, 4) is 11.3 Å². The van der Waals surface area contributed by atoms with E-state index in [-0.39, 0.29) is 5.91 Å². The van der Waals surface area contributed by atoms with Crippen LogP contribution in [-0.2, 0) is 0 Å². The number of amides is 1. The lowest BCUT2D eigenvalue weighted by molar-refractivity contribution is 0.0765. The predicted molar refractivity (Wildman–Crippen MR) is 96.2 cm³/mol. The van der Waals surface area contributed by atoms with Crippen molar-refractivity contribution >= 4 is 16.7 Å². The molecule has 2 heterocycles. The molecule has 0 bridgehead atoms. The number of nitrogens with zero attached hydrogens (tertiary/aromatic N) is 3. The Balaban J connectivity index is 1.75. The number of fused-ring (bicyclic) bond motifs is 1. The highest BCUT2D eigenvalue weighted by atomic mass is 16.3. The zero-order chi connectivity index (χ0) is 17.4. The van der Waals surface area contributed by atoms with Crippen LogP contribution in [0.2, 0.25) is 0 Å². The second-order valence-corrected chi connectivity index (χ2v) is 6.45. The van der Waals surface area contributed by atoms with Crippen molar-refractivity contribution in [2.45, 2.75) is 19.4 Å². The molecule has 1 amide bonds. The summed E-state index contributed by atoms with van der Waals surface area (Å²) in [7, 11) is 0. The van der Waals surface area contributed by atoms with Crippen LogP contribution < -0.4 is 0 Å². The molecule has 5 nitrogen and oxygen atoms in total. The van der Waals surface area contributed by atoms with Gasteiger partial charge in [0.2, 0.25) is 0 Å². The van der Waals surface area contributed by atoms with E-state index >= 15 is 0 Å². The Hall–Kier alpha value is -2.79. The highest BCUT2D eigenvalue weighted by Gasteiger charge is 2.25. The van der Waals surface area contributed by atoms with E-state index in [1.807, 2.05) is 49.4 Å². The Labute approximate surface area is 145 Å². The van der Waals surface area contributed by atoms with Gasteiger partial charge in [-0.1, -0.05) is 36.4 Å². The monoisotopic (exact) mass is 333 g/mol. The first-order valence-electron chi connectivity index (χ1n) is 8.43. The molecule has 126 valence electrons. The van der Waals surface area contributed by atoms with Crippen LogP contribution in [0.1, 0.15) is 22.5 Å². The summed E-state index contributed by atoms with van der Waals surface area (Å²) in [4.78, 5) is 14.4. The van der Waals surface area contributed by atoms with E-state index in [4.69, 9.17) is 0 Å². The molecule has 1 aliphatic rings. The molecule has 0 radical (unpaired) electrons. The van der Waals surface area contributed by atoms with Crippen molar-refractivity contribution in [2.75, 3.05) is 13.1 Å². The van der Waals surface area contributed by atoms with Crippen molar-refractivity contribution in [2.24, 2.45) is 0 Å². The first kappa shape index (κ1) is 15.7. The van der Waals surface area contributed by atoms with Gasteiger partial charge in [-0.3, -0.25) is 4.79 Å². The Morgan fingerprint density at radius 3 is 2.68 bits per heavy atom. The highest BCUT2D eigenvalue weighted by Crippen LogP contribution is 2.28. The van der Waals surface area contributed by atoms with Crippen LogP contribution in [0.15, 0.2) is 48.5 Å². The summed E-state index contributed by atoms with van der Waals surface area (Å²) < 4.78 is 0. The number of carbonyl (C=O) groups is 1. The van der Waals surface area contributed by atoms with Crippen molar-refractivity contribution in [3.63, 3.8) is 0 Å². The largest absolute Gasteiger partial charge is 0.391 e. The summed E-state index contributed by atoms with van der Waals surface area (Å²) in [5, 5.41) is 20.4. The molecule has 1 saturated heterocycles. The number of aryl methyl sites for hydroxylation is 1. The lowest BCUT2D eigenvalue weighted by Gasteiger charge is -2.16. The van der Waals surface area contributed by atoms with Gasteiger partial charge in [0.1, 0.15) is 5.69 Å². The van der Waals surface area contributed by atoms with Gasteiger partial charge in [0.15, 0.2) is 0 Å². The van der Waals surface area contributed by atoms with Crippen LogP contribution in [-0.4, -0.2) is 45.3 Å².